The van der Waals surface area contributed by atoms with Crippen LogP contribution in [-0.4, -0.2) is 40.6 Å². The van der Waals surface area contributed by atoms with Gasteiger partial charge in [-0.25, -0.2) is 0 Å². The van der Waals surface area contributed by atoms with Gasteiger partial charge in [-0.15, -0.1) is 0 Å². The van der Waals surface area contributed by atoms with Crippen LogP contribution in [0.1, 0.15) is 31.2 Å². The number of benzene rings is 2. The summed E-state index contributed by atoms with van der Waals surface area (Å²) in [5, 5.41) is 4.11. The zero-order chi connectivity index (χ0) is 20.2. The van der Waals surface area contributed by atoms with E-state index in [0.717, 1.165) is 37.1 Å². The lowest BCUT2D eigenvalue weighted by Crippen LogP contribution is -2.51. The average Bonchev–Trinajstić information content (AvgIpc) is 3.23. The van der Waals surface area contributed by atoms with Crippen LogP contribution >= 0.6 is 0 Å². The Morgan fingerprint density at radius 3 is 2.62 bits per heavy atom. The van der Waals surface area contributed by atoms with Gasteiger partial charge in [0.1, 0.15) is 0 Å². The minimum atomic E-state index is -0.192. The van der Waals surface area contributed by atoms with Gasteiger partial charge in [0.15, 0.2) is 0 Å². The number of anilines is 1. The number of para-hydroxylation sites is 1. The zero-order valence-electron chi connectivity index (χ0n) is 16.9. The molecule has 0 spiro atoms. The van der Waals surface area contributed by atoms with Crippen LogP contribution < -0.4 is 4.90 Å². The molecule has 1 amide bonds. The van der Waals surface area contributed by atoms with Crippen molar-refractivity contribution in [3.05, 3.63) is 66.1 Å². The van der Waals surface area contributed by atoms with Crippen LogP contribution in [0, 0.1) is 0 Å². The first-order valence-corrected chi connectivity index (χ1v) is 10.1. The fourth-order valence-corrected chi connectivity index (χ4v) is 3.78. The Bertz CT molecular complexity index is 953. The summed E-state index contributed by atoms with van der Waals surface area (Å²) in [5.74, 6) is 1.23. The third-order valence-electron chi connectivity index (χ3n) is 5.48. The molecule has 1 fully saturated rings. The van der Waals surface area contributed by atoms with Gasteiger partial charge >= 0.3 is 0 Å². The molecule has 3 aromatic rings. The lowest BCUT2D eigenvalue weighted by atomic mass is 10.0. The quantitative estimate of drug-likeness (QED) is 0.638. The van der Waals surface area contributed by atoms with Crippen LogP contribution in [0.4, 0.5) is 5.69 Å². The van der Waals surface area contributed by atoms with Crippen LogP contribution in [0.25, 0.3) is 11.4 Å². The monoisotopic (exact) mass is 390 g/mol. The molecule has 1 unspecified atom stereocenters. The highest BCUT2D eigenvalue weighted by molar-refractivity contribution is 5.97. The lowest BCUT2D eigenvalue weighted by Gasteiger charge is -2.36. The van der Waals surface area contributed by atoms with Crippen molar-refractivity contribution < 1.29 is 9.32 Å². The van der Waals surface area contributed by atoms with Crippen LogP contribution in [-0.2, 0) is 17.8 Å². The van der Waals surface area contributed by atoms with E-state index in [9.17, 15) is 4.79 Å². The van der Waals surface area contributed by atoms with E-state index in [1.807, 2.05) is 59.3 Å². The number of hydrogen-bond donors (Lipinski definition) is 0. The van der Waals surface area contributed by atoms with Gasteiger partial charge < -0.3 is 9.42 Å². The number of likely N-dealkylation sites (N-methyl/N-ethyl adjacent to an activating group) is 1. The summed E-state index contributed by atoms with van der Waals surface area (Å²) in [6.45, 7) is 3.33. The molecular formula is C23H26N4O2. The van der Waals surface area contributed by atoms with E-state index in [1.165, 1.54) is 5.56 Å². The first kappa shape index (κ1) is 19.3. The predicted molar refractivity (Wildman–Crippen MR) is 112 cm³/mol. The van der Waals surface area contributed by atoms with E-state index < -0.39 is 0 Å². The van der Waals surface area contributed by atoms with Gasteiger partial charge in [-0.3, -0.25) is 9.69 Å². The SMILES string of the molecule is CCc1ccc(-c2noc(CN(C)C3CCCN(c4ccccc4)C3=O)n2)cc1. The first-order valence-electron chi connectivity index (χ1n) is 10.1. The number of hydrogen-bond acceptors (Lipinski definition) is 5. The van der Waals surface area contributed by atoms with E-state index in [4.69, 9.17) is 4.52 Å². The second-order valence-corrected chi connectivity index (χ2v) is 7.46. The second-order valence-electron chi connectivity index (χ2n) is 7.46. The first-order chi connectivity index (χ1) is 14.2. The molecule has 2 heterocycles. The normalized spacial score (nSPS) is 17.1. The molecule has 29 heavy (non-hydrogen) atoms. The Kier molecular flexibility index (Phi) is 5.71. The van der Waals surface area contributed by atoms with Gasteiger partial charge in [-0.1, -0.05) is 54.5 Å². The largest absolute Gasteiger partial charge is 0.338 e. The van der Waals surface area contributed by atoms with Crippen LogP contribution in [0.5, 0.6) is 0 Å². The molecule has 0 aliphatic carbocycles. The molecule has 6 nitrogen and oxygen atoms in total. The summed E-state index contributed by atoms with van der Waals surface area (Å²) >= 11 is 0. The Labute approximate surface area is 171 Å². The Morgan fingerprint density at radius 2 is 1.90 bits per heavy atom. The fraction of sp³-hybridized carbons (Fsp3) is 0.348. The summed E-state index contributed by atoms with van der Waals surface area (Å²) < 4.78 is 5.46. The predicted octanol–water partition coefficient (Wildman–Crippen LogP) is 3.93. The molecule has 1 aliphatic heterocycles. The van der Waals surface area contributed by atoms with Crippen molar-refractivity contribution in [2.45, 2.75) is 38.8 Å². The Hall–Kier alpha value is -2.99. The molecule has 1 atom stereocenters. The highest BCUT2D eigenvalue weighted by Crippen LogP contribution is 2.24. The highest BCUT2D eigenvalue weighted by Gasteiger charge is 2.33. The number of amides is 1. The Morgan fingerprint density at radius 1 is 1.14 bits per heavy atom. The molecule has 150 valence electrons. The Balaban J connectivity index is 1.44. The molecule has 0 radical (unpaired) electrons. The van der Waals surface area contributed by atoms with Gasteiger partial charge in [0.05, 0.1) is 12.6 Å². The topological polar surface area (TPSA) is 62.5 Å². The molecule has 6 heteroatoms. The van der Waals surface area contributed by atoms with Crippen molar-refractivity contribution in [3.8, 4) is 11.4 Å². The van der Waals surface area contributed by atoms with Crippen LogP contribution in [0.15, 0.2) is 59.1 Å². The molecule has 0 N–H and O–H groups in total. The smallest absolute Gasteiger partial charge is 0.244 e. The second kappa shape index (κ2) is 8.57. The number of rotatable bonds is 6. The molecule has 1 aliphatic rings. The van der Waals surface area contributed by atoms with Gasteiger partial charge in [0, 0.05) is 17.8 Å². The molecular weight excluding hydrogens is 364 g/mol. The number of carbonyl (C=O) groups is 1. The maximum absolute atomic E-state index is 13.1. The number of nitrogens with zero attached hydrogens (tertiary/aromatic N) is 4. The number of aromatic nitrogens is 2. The molecule has 1 aromatic heterocycles. The highest BCUT2D eigenvalue weighted by atomic mass is 16.5. The van der Waals surface area contributed by atoms with Gasteiger partial charge in [0.25, 0.3) is 0 Å². The van der Waals surface area contributed by atoms with Gasteiger partial charge in [-0.2, -0.15) is 4.98 Å². The minimum Gasteiger partial charge on any atom is -0.338 e. The van der Waals surface area contributed by atoms with Crippen LogP contribution in [0.3, 0.4) is 0 Å². The molecule has 2 aromatic carbocycles. The van der Waals surface area contributed by atoms with E-state index in [1.54, 1.807) is 0 Å². The summed E-state index contributed by atoms with van der Waals surface area (Å²) in [6, 6.07) is 17.8. The minimum absolute atomic E-state index is 0.125. The maximum atomic E-state index is 13.1. The number of piperidine rings is 1. The van der Waals surface area contributed by atoms with Crippen molar-refractivity contribution >= 4 is 11.6 Å². The summed E-state index contributed by atoms with van der Waals surface area (Å²) in [4.78, 5) is 21.5. The van der Waals surface area contributed by atoms with E-state index >= 15 is 0 Å². The maximum Gasteiger partial charge on any atom is 0.244 e. The van der Waals surface area contributed by atoms with E-state index in [2.05, 4.69) is 29.2 Å². The fourth-order valence-electron chi connectivity index (χ4n) is 3.78. The molecule has 4 rings (SSSR count). The average molecular weight is 390 g/mol. The molecule has 0 saturated carbocycles. The van der Waals surface area contributed by atoms with E-state index in [0.29, 0.717) is 18.3 Å². The molecule has 0 bridgehead atoms. The van der Waals surface area contributed by atoms with Crippen LogP contribution in [0.2, 0.25) is 0 Å². The number of aryl methyl sites for hydroxylation is 1. The zero-order valence-corrected chi connectivity index (χ0v) is 16.9. The summed E-state index contributed by atoms with van der Waals surface area (Å²) in [6.07, 6.45) is 2.80. The van der Waals surface area contributed by atoms with Gasteiger partial charge in [-0.05, 0) is 44.0 Å². The summed E-state index contributed by atoms with van der Waals surface area (Å²) in [5.41, 5.74) is 3.16. The van der Waals surface area contributed by atoms with Crippen molar-refractivity contribution in [1.82, 2.24) is 15.0 Å². The van der Waals surface area contributed by atoms with E-state index in [-0.39, 0.29) is 11.9 Å². The van der Waals surface area contributed by atoms with Crippen molar-refractivity contribution in [2.75, 3.05) is 18.5 Å². The third-order valence-corrected chi connectivity index (χ3v) is 5.48. The van der Waals surface area contributed by atoms with Crippen molar-refractivity contribution in [1.29, 1.82) is 0 Å². The third kappa shape index (κ3) is 4.22. The summed E-state index contributed by atoms with van der Waals surface area (Å²) in [7, 11) is 1.94. The molecule has 1 saturated heterocycles. The van der Waals surface area contributed by atoms with Crippen molar-refractivity contribution in [3.63, 3.8) is 0 Å². The lowest BCUT2D eigenvalue weighted by molar-refractivity contribution is -0.125. The van der Waals surface area contributed by atoms with Gasteiger partial charge in [0.2, 0.25) is 17.6 Å². The standard InChI is InChI=1S/C23H26N4O2/c1-3-17-11-13-18(14-12-17)22-24-21(29-25-22)16-26(2)20-10-7-15-27(23(20)28)19-8-5-4-6-9-19/h4-6,8-9,11-14,20H,3,7,10,15-16H2,1-2H3. The number of carbonyl (C=O) groups excluding carboxylic acids is 1. The van der Waals surface area contributed by atoms with Crippen molar-refractivity contribution in [2.24, 2.45) is 0 Å².